The van der Waals surface area contributed by atoms with E-state index in [4.69, 9.17) is 0 Å². The van der Waals surface area contributed by atoms with E-state index in [1.165, 1.54) is 0 Å². The molecule has 2 aromatic carbocycles. The van der Waals surface area contributed by atoms with Gasteiger partial charge in [-0.1, -0.05) is 43.3 Å². The summed E-state index contributed by atoms with van der Waals surface area (Å²) in [5, 5.41) is 2.95. The van der Waals surface area contributed by atoms with E-state index >= 15 is 0 Å². The van der Waals surface area contributed by atoms with Gasteiger partial charge in [0.2, 0.25) is 17.7 Å². The molecule has 2 aromatic rings. The van der Waals surface area contributed by atoms with E-state index in [1.54, 1.807) is 9.80 Å². The Kier molecular flexibility index (Phi) is 6.35. The lowest BCUT2D eigenvalue weighted by Crippen LogP contribution is -2.46. The Bertz CT molecular complexity index is 959. The zero-order valence-electron chi connectivity index (χ0n) is 17.9. The highest BCUT2D eigenvalue weighted by Crippen LogP contribution is 2.30. The van der Waals surface area contributed by atoms with Crippen LogP contribution in [0.1, 0.15) is 31.7 Å². The van der Waals surface area contributed by atoms with Gasteiger partial charge in [-0.2, -0.15) is 0 Å². The number of rotatable bonds is 5. The van der Waals surface area contributed by atoms with E-state index in [2.05, 4.69) is 12.2 Å². The highest BCUT2D eigenvalue weighted by Gasteiger charge is 2.39. The fraction of sp³-hybridized carbons (Fsp3) is 0.400. The molecule has 6 heteroatoms. The quantitative estimate of drug-likeness (QED) is 0.807. The smallest absolute Gasteiger partial charge is 0.229 e. The molecule has 2 fully saturated rings. The van der Waals surface area contributed by atoms with Crippen LogP contribution < -0.4 is 10.2 Å². The lowest BCUT2D eigenvalue weighted by atomic mass is 9.95. The topological polar surface area (TPSA) is 69.7 Å². The summed E-state index contributed by atoms with van der Waals surface area (Å²) in [7, 11) is 0. The Morgan fingerprint density at radius 2 is 1.74 bits per heavy atom. The van der Waals surface area contributed by atoms with Crippen molar-refractivity contribution in [3.63, 3.8) is 0 Å². The minimum Gasteiger partial charge on any atom is -0.342 e. The van der Waals surface area contributed by atoms with E-state index in [1.807, 2.05) is 54.6 Å². The first-order valence-electron chi connectivity index (χ1n) is 11.1. The van der Waals surface area contributed by atoms with Crippen LogP contribution in [0.25, 0.3) is 0 Å². The monoisotopic (exact) mass is 419 g/mol. The molecule has 0 saturated carbocycles. The molecule has 0 radical (unpaired) electrons. The number of nitrogens with one attached hydrogen (secondary N) is 1. The molecular formula is C25H29N3O3. The van der Waals surface area contributed by atoms with Crippen molar-refractivity contribution in [3.05, 3.63) is 60.2 Å². The largest absolute Gasteiger partial charge is 0.342 e. The van der Waals surface area contributed by atoms with Crippen molar-refractivity contribution in [3.8, 4) is 0 Å². The van der Waals surface area contributed by atoms with Crippen molar-refractivity contribution in [2.45, 2.75) is 32.6 Å². The molecule has 2 heterocycles. The number of para-hydroxylation sites is 2. The van der Waals surface area contributed by atoms with Crippen molar-refractivity contribution < 1.29 is 14.4 Å². The van der Waals surface area contributed by atoms with Crippen molar-refractivity contribution in [1.82, 2.24) is 4.90 Å². The molecule has 6 nitrogen and oxygen atoms in total. The van der Waals surface area contributed by atoms with Gasteiger partial charge in [0.25, 0.3) is 0 Å². The Hall–Kier alpha value is -3.15. The molecule has 0 bridgehead atoms. The van der Waals surface area contributed by atoms with Gasteiger partial charge in [-0.25, -0.2) is 0 Å². The van der Waals surface area contributed by atoms with Crippen molar-refractivity contribution in [1.29, 1.82) is 0 Å². The van der Waals surface area contributed by atoms with Crippen molar-refractivity contribution in [2.75, 3.05) is 29.9 Å². The summed E-state index contributed by atoms with van der Waals surface area (Å²) >= 11 is 0. The van der Waals surface area contributed by atoms with Gasteiger partial charge in [0.15, 0.2) is 0 Å². The minimum absolute atomic E-state index is 0.00497. The van der Waals surface area contributed by atoms with Gasteiger partial charge in [0.1, 0.15) is 0 Å². The van der Waals surface area contributed by atoms with Crippen LogP contribution in [0.15, 0.2) is 54.6 Å². The van der Waals surface area contributed by atoms with Gasteiger partial charge >= 0.3 is 0 Å². The summed E-state index contributed by atoms with van der Waals surface area (Å²) < 4.78 is 0. The van der Waals surface area contributed by atoms with E-state index in [0.29, 0.717) is 19.6 Å². The molecule has 0 aliphatic carbocycles. The van der Waals surface area contributed by atoms with Gasteiger partial charge in [0, 0.05) is 37.4 Å². The Morgan fingerprint density at radius 3 is 2.52 bits per heavy atom. The Labute approximate surface area is 183 Å². The van der Waals surface area contributed by atoms with Crippen LogP contribution in [0.2, 0.25) is 0 Å². The predicted octanol–water partition coefficient (Wildman–Crippen LogP) is 3.48. The number of amides is 3. The number of nitrogens with zero attached hydrogens (tertiary/aromatic N) is 2. The van der Waals surface area contributed by atoms with Crippen LogP contribution in [-0.4, -0.2) is 42.3 Å². The first-order valence-corrected chi connectivity index (χ1v) is 11.1. The fourth-order valence-corrected chi connectivity index (χ4v) is 4.59. The van der Waals surface area contributed by atoms with Crippen LogP contribution in [0.3, 0.4) is 0 Å². The summed E-state index contributed by atoms with van der Waals surface area (Å²) in [4.78, 5) is 42.2. The summed E-state index contributed by atoms with van der Waals surface area (Å²) in [5.41, 5.74) is 2.78. The van der Waals surface area contributed by atoms with Gasteiger partial charge in [0.05, 0.1) is 11.8 Å². The third-order valence-corrected chi connectivity index (χ3v) is 6.28. The second kappa shape index (κ2) is 9.33. The van der Waals surface area contributed by atoms with Crippen LogP contribution in [0.4, 0.5) is 11.4 Å². The summed E-state index contributed by atoms with van der Waals surface area (Å²) in [6, 6.07) is 17.3. The van der Waals surface area contributed by atoms with Crippen LogP contribution in [-0.2, 0) is 20.8 Å². The van der Waals surface area contributed by atoms with Crippen molar-refractivity contribution in [2.24, 2.45) is 11.8 Å². The van der Waals surface area contributed by atoms with Gasteiger partial charge in [-0.15, -0.1) is 0 Å². The Balaban J connectivity index is 1.40. The maximum atomic E-state index is 13.2. The SMILES string of the molecule is CCc1ccccc1N1CC(C(=O)N2CCCC(C(=O)Nc3ccccc3)C2)CC1=O. The van der Waals surface area contributed by atoms with E-state index in [0.717, 1.165) is 36.2 Å². The van der Waals surface area contributed by atoms with Gasteiger partial charge in [-0.05, 0) is 43.0 Å². The van der Waals surface area contributed by atoms with Gasteiger partial charge in [-0.3, -0.25) is 14.4 Å². The first kappa shape index (κ1) is 21.1. The Morgan fingerprint density at radius 1 is 1.00 bits per heavy atom. The highest BCUT2D eigenvalue weighted by molar-refractivity contribution is 6.01. The molecule has 0 aromatic heterocycles. The number of hydrogen-bond acceptors (Lipinski definition) is 3. The molecule has 162 valence electrons. The summed E-state index contributed by atoms with van der Waals surface area (Å²) in [6.45, 7) is 3.53. The average Bonchev–Trinajstić information content (AvgIpc) is 3.20. The predicted molar refractivity (Wildman–Crippen MR) is 121 cm³/mol. The van der Waals surface area contributed by atoms with E-state index in [-0.39, 0.29) is 36.0 Å². The number of likely N-dealkylation sites (tertiary alicyclic amines) is 1. The number of hydrogen-bond donors (Lipinski definition) is 1. The van der Waals surface area contributed by atoms with Crippen LogP contribution in [0.5, 0.6) is 0 Å². The fourth-order valence-electron chi connectivity index (χ4n) is 4.59. The number of aryl methyl sites for hydroxylation is 1. The summed E-state index contributed by atoms with van der Waals surface area (Å²) in [6.07, 6.45) is 2.63. The minimum atomic E-state index is -0.353. The molecule has 2 aliphatic rings. The molecule has 2 unspecified atom stereocenters. The molecule has 2 aliphatic heterocycles. The molecule has 1 N–H and O–H groups in total. The number of benzene rings is 2. The molecule has 0 spiro atoms. The lowest BCUT2D eigenvalue weighted by molar-refractivity contribution is -0.138. The molecule has 2 saturated heterocycles. The second-order valence-electron chi connectivity index (χ2n) is 8.37. The van der Waals surface area contributed by atoms with Gasteiger partial charge < -0.3 is 15.1 Å². The number of carbonyl (C=O) groups is 3. The zero-order valence-corrected chi connectivity index (χ0v) is 17.9. The maximum absolute atomic E-state index is 13.2. The molecule has 3 amide bonds. The lowest BCUT2D eigenvalue weighted by Gasteiger charge is -2.33. The third kappa shape index (κ3) is 4.63. The van der Waals surface area contributed by atoms with E-state index in [9.17, 15) is 14.4 Å². The first-order chi connectivity index (χ1) is 15.1. The standard InChI is InChI=1S/C25H29N3O3/c1-2-18-9-6-7-13-22(18)28-17-20(15-23(28)29)25(31)27-14-8-10-19(16-27)24(30)26-21-11-4-3-5-12-21/h3-7,9,11-13,19-20H,2,8,10,14-17H2,1H3,(H,26,30). The highest BCUT2D eigenvalue weighted by atomic mass is 16.2. The maximum Gasteiger partial charge on any atom is 0.229 e. The van der Waals surface area contributed by atoms with Crippen molar-refractivity contribution >= 4 is 29.1 Å². The normalized spacial score (nSPS) is 21.3. The zero-order chi connectivity index (χ0) is 21.8. The van der Waals surface area contributed by atoms with Crippen LogP contribution >= 0.6 is 0 Å². The van der Waals surface area contributed by atoms with Crippen LogP contribution in [0, 0.1) is 11.8 Å². The molecule has 31 heavy (non-hydrogen) atoms. The second-order valence-corrected chi connectivity index (χ2v) is 8.37. The average molecular weight is 420 g/mol. The number of piperidine rings is 1. The number of carbonyl (C=O) groups excluding carboxylic acids is 3. The number of anilines is 2. The summed E-state index contributed by atoms with van der Waals surface area (Å²) in [5.74, 6) is -0.651. The van der Waals surface area contributed by atoms with E-state index < -0.39 is 0 Å². The molecule has 2 atom stereocenters. The molecular weight excluding hydrogens is 390 g/mol. The third-order valence-electron chi connectivity index (χ3n) is 6.28. The molecule has 4 rings (SSSR count).